The fraction of sp³-hybridized carbons (Fsp3) is 0.400. The summed E-state index contributed by atoms with van der Waals surface area (Å²) in [6, 6.07) is 15.1. The molecule has 0 aliphatic carbocycles. The van der Waals surface area contributed by atoms with E-state index in [1.807, 2.05) is 26.8 Å². The van der Waals surface area contributed by atoms with E-state index in [-0.39, 0.29) is 36.9 Å². The number of hydrazine groups is 1. The molecule has 2 aromatic carbocycles. The Morgan fingerprint density at radius 3 is 2.06 bits per heavy atom. The molecule has 184 valence electrons. The van der Waals surface area contributed by atoms with Crippen LogP contribution in [-0.2, 0) is 9.53 Å². The largest absolute Gasteiger partial charge is 0.442 e. The van der Waals surface area contributed by atoms with Crippen LogP contribution in [0.1, 0.15) is 54.3 Å². The van der Waals surface area contributed by atoms with Crippen molar-refractivity contribution in [3.63, 3.8) is 0 Å². The van der Waals surface area contributed by atoms with E-state index in [4.69, 9.17) is 16.3 Å². The van der Waals surface area contributed by atoms with E-state index < -0.39 is 11.4 Å². The molecule has 9 heteroatoms. The quantitative estimate of drug-likeness (QED) is 0.364. The van der Waals surface area contributed by atoms with Gasteiger partial charge in [0.1, 0.15) is 0 Å². The van der Waals surface area contributed by atoms with Crippen molar-refractivity contribution in [2.45, 2.75) is 39.2 Å². The molecule has 0 unspecified atom stereocenters. The molecule has 1 N–H and O–H groups in total. The van der Waals surface area contributed by atoms with E-state index in [1.165, 1.54) is 10.0 Å². The minimum atomic E-state index is -0.782. The van der Waals surface area contributed by atoms with E-state index in [0.717, 1.165) is 13.1 Å². The first kappa shape index (κ1) is 27.6. The number of rotatable bonds is 5. The maximum absolute atomic E-state index is 13.6. The summed E-state index contributed by atoms with van der Waals surface area (Å²) in [6.07, 6.45) is 1.35. The fourth-order valence-corrected chi connectivity index (χ4v) is 3.85. The molecule has 34 heavy (non-hydrogen) atoms. The lowest BCUT2D eigenvalue weighted by Crippen LogP contribution is -2.59. The van der Waals surface area contributed by atoms with Crippen molar-refractivity contribution < 1.29 is 19.1 Å². The lowest BCUT2D eigenvalue weighted by Gasteiger charge is -2.43. The Balaban J connectivity index is 0.00000408. The van der Waals surface area contributed by atoms with Gasteiger partial charge in [0.05, 0.1) is 11.5 Å². The molecule has 1 aliphatic rings. The molecule has 0 saturated carbocycles. The molecule has 1 heterocycles. The van der Waals surface area contributed by atoms with Gasteiger partial charge in [-0.1, -0.05) is 29.8 Å². The second-order valence-corrected chi connectivity index (χ2v) is 9.42. The third-order valence-electron chi connectivity index (χ3n) is 5.42. The lowest BCUT2D eigenvalue weighted by molar-refractivity contribution is -0.161. The minimum absolute atomic E-state index is 0. The van der Waals surface area contributed by atoms with Crippen molar-refractivity contribution in [3.05, 3.63) is 70.7 Å². The highest BCUT2D eigenvalue weighted by atomic mass is 35.5. The third kappa shape index (κ3) is 6.95. The van der Waals surface area contributed by atoms with Crippen LogP contribution in [0.5, 0.6) is 0 Å². The van der Waals surface area contributed by atoms with Gasteiger partial charge < -0.3 is 10.1 Å². The Kier molecular flexibility index (Phi) is 9.91. The van der Waals surface area contributed by atoms with Gasteiger partial charge in [-0.05, 0) is 83.1 Å². The van der Waals surface area contributed by atoms with Gasteiger partial charge in [-0.25, -0.2) is 10.0 Å². The monoisotopic (exact) mass is 507 g/mol. The maximum atomic E-state index is 13.6. The van der Waals surface area contributed by atoms with Crippen LogP contribution in [0.2, 0.25) is 5.02 Å². The summed E-state index contributed by atoms with van der Waals surface area (Å²) in [4.78, 5) is 39.8. The first-order valence-electron chi connectivity index (χ1n) is 11.0. The molecule has 2 amide bonds. The van der Waals surface area contributed by atoms with E-state index in [1.54, 1.807) is 48.5 Å². The van der Waals surface area contributed by atoms with E-state index in [2.05, 4.69) is 5.32 Å². The number of esters is 1. The molecule has 2 aromatic rings. The summed E-state index contributed by atoms with van der Waals surface area (Å²) >= 11 is 5.99. The third-order valence-corrected chi connectivity index (χ3v) is 5.67. The summed E-state index contributed by atoms with van der Waals surface area (Å²) in [5, 5.41) is 6.27. The van der Waals surface area contributed by atoms with Gasteiger partial charge in [0.25, 0.3) is 11.8 Å². The molecule has 1 saturated heterocycles. The predicted octanol–water partition coefficient (Wildman–Crippen LogP) is 4.56. The number of carbonyl (C=O) groups is 3. The number of nitrogens with one attached hydrogen (secondary N) is 1. The van der Waals surface area contributed by atoms with Gasteiger partial charge >= 0.3 is 5.97 Å². The highest BCUT2D eigenvalue weighted by molar-refractivity contribution is 6.30. The van der Waals surface area contributed by atoms with Gasteiger partial charge in [0.15, 0.2) is 6.73 Å². The van der Waals surface area contributed by atoms with Crippen LogP contribution in [-0.4, -0.2) is 53.2 Å². The molecule has 7 nitrogen and oxygen atoms in total. The van der Waals surface area contributed by atoms with Crippen molar-refractivity contribution in [3.8, 4) is 0 Å². The molecule has 1 aliphatic heterocycles. The zero-order chi connectivity index (χ0) is 24.0. The summed E-state index contributed by atoms with van der Waals surface area (Å²) in [5.41, 5.74) is -0.0330. The number of hydrogen-bond acceptors (Lipinski definition) is 5. The van der Waals surface area contributed by atoms with Gasteiger partial charge in [0, 0.05) is 16.1 Å². The van der Waals surface area contributed by atoms with Crippen molar-refractivity contribution in [1.29, 1.82) is 0 Å². The molecular weight excluding hydrogens is 477 g/mol. The van der Waals surface area contributed by atoms with Crippen LogP contribution in [0.4, 0.5) is 0 Å². The first-order chi connectivity index (χ1) is 15.7. The van der Waals surface area contributed by atoms with Crippen molar-refractivity contribution in [1.82, 2.24) is 15.3 Å². The number of halogens is 2. The SMILES string of the molecule is CC(C)(C)N(C(=O)c1ccccc1)N(COC(=O)C1CCNCC1)C(=O)c1ccc(Cl)cc1.Cl. The van der Waals surface area contributed by atoms with Crippen molar-refractivity contribution in [2.24, 2.45) is 5.92 Å². The summed E-state index contributed by atoms with van der Waals surface area (Å²) in [5.74, 6) is -1.44. The lowest BCUT2D eigenvalue weighted by atomic mass is 9.99. The number of hydrogen-bond donors (Lipinski definition) is 1. The zero-order valence-corrected chi connectivity index (χ0v) is 21.2. The summed E-state index contributed by atoms with van der Waals surface area (Å²) < 4.78 is 5.59. The average molecular weight is 508 g/mol. The topological polar surface area (TPSA) is 79.0 Å². The Labute approximate surface area is 211 Å². The number of benzene rings is 2. The van der Waals surface area contributed by atoms with Gasteiger partial charge in [-0.2, -0.15) is 0 Å². The standard InChI is InChI=1S/C25H30ClN3O4.ClH/c1-25(2,3)29(23(31)18-7-5-4-6-8-18)28(22(30)19-9-11-21(26)12-10-19)17-33-24(32)20-13-15-27-16-14-20;/h4-12,20,27H,13-17H2,1-3H3;1H. The fourth-order valence-electron chi connectivity index (χ4n) is 3.73. The predicted molar refractivity (Wildman–Crippen MR) is 134 cm³/mol. The zero-order valence-electron chi connectivity index (χ0n) is 19.6. The summed E-state index contributed by atoms with van der Waals surface area (Å²) in [7, 11) is 0. The van der Waals surface area contributed by atoms with Crippen LogP contribution in [0.15, 0.2) is 54.6 Å². The minimum Gasteiger partial charge on any atom is -0.442 e. The van der Waals surface area contributed by atoms with E-state index in [9.17, 15) is 14.4 Å². The maximum Gasteiger partial charge on any atom is 0.310 e. The van der Waals surface area contributed by atoms with Gasteiger partial charge in [0.2, 0.25) is 0 Å². The molecular formula is C25H31Cl2N3O4. The van der Waals surface area contributed by atoms with Crippen LogP contribution >= 0.6 is 24.0 Å². The molecule has 0 aromatic heterocycles. The number of ether oxygens (including phenoxy) is 1. The summed E-state index contributed by atoms with van der Waals surface area (Å²) in [6.45, 7) is 6.58. The highest BCUT2D eigenvalue weighted by Gasteiger charge is 2.37. The molecule has 0 spiro atoms. The molecule has 1 fully saturated rings. The number of nitrogens with zero attached hydrogens (tertiary/aromatic N) is 2. The van der Waals surface area contributed by atoms with Crippen LogP contribution < -0.4 is 5.32 Å². The van der Waals surface area contributed by atoms with E-state index >= 15 is 0 Å². The van der Waals surface area contributed by atoms with Crippen LogP contribution in [0, 0.1) is 5.92 Å². The number of amides is 2. The van der Waals surface area contributed by atoms with Crippen LogP contribution in [0.25, 0.3) is 0 Å². The number of piperidine rings is 1. The average Bonchev–Trinajstić information content (AvgIpc) is 2.81. The van der Waals surface area contributed by atoms with Crippen molar-refractivity contribution >= 4 is 41.8 Å². The first-order valence-corrected chi connectivity index (χ1v) is 11.4. The Hall–Kier alpha value is -2.61. The second-order valence-electron chi connectivity index (χ2n) is 8.98. The Morgan fingerprint density at radius 2 is 1.50 bits per heavy atom. The molecule has 0 bridgehead atoms. The van der Waals surface area contributed by atoms with Gasteiger partial charge in [-0.3, -0.25) is 14.4 Å². The second kappa shape index (κ2) is 12.2. The molecule has 3 rings (SSSR count). The van der Waals surface area contributed by atoms with E-state index in [0.29, 0.717) is 29.0 Å². The number of carbonyl (C=O) groups excluding carboxylic acids is 3. The Morgan fingerprint density at radius 1 is 0.941 bits per heavy atom. The molecule has 0 radical (unpaired) electrons. The van der Waals surface area contributed by atoms with Gasteiger partial charge in [-0.15, -0.1) is 12.4 Å². The highest BCUT2D eigenvalue weighted by Crippen LogP contribution is 2.24. The molecule has 0 atom stereocenters. The van der Waals surface area contributed by atoms with Crippen LogP contribution in [0.3, 0.4) is 0 Å². The van der Waals surface area contributed by atoms with Crippen molar-refractivity contribution in [2.75, 3.05) is 19.8 Å². The normalized spacial score (nSPS) is 14.0. The smallest absolute Gasteiger partial charge is 0.310 e. The Bertz CT molecular complexity index is 972.